The fourth-order valence-electron chi connectivity index (χ4n) is 2.99. The maximum atomic E-state index is 12.6. The number of hydrogen-bond donors (Lipinski definition) is 0. The second kappa shape index (κ2) is 6.98. The monoisotopic (exact) mass is 516 g/mol. The molecule has 3 heterocycles. The van der Waals surface area contributed by atoms with Gasteiger partial charge in [0.05, 0.1) is 15.7 Å². The number of thioether (sulfide) groups is 1. The van der Waals surface area contributed by atoms with Crippen molar-refractivity contribution in [3.05, 3.63) is 73.5 Å². The SMILES string of the molecule is O=c1oc2c(Br)cc(Br)cc2cc1C1=Nn2c(nnc2-c2ccccc2)SC1. The number of nitrogens with zero attached hydrogens (tertiary/aromatic N) is 4. The summed E-state index contributed by atoms with van der Waals surface area (Å²) >= 11 is 8.39. The van der Waals surface area contributed by atoms with Gasteiger partial charge in [0.2, 0.25) is 5.16 Å². The molecule has 0 fully saturated rings. The molecular formula is C19H10Br2N4O2S. The second-order valence-corrected chi connectivity index (χ2v) is 8.79. The number of halogens is 2. The zero-order chi connectivity index (χ0) is 19.3. The fraction of sp³-hybridized carbons (Fsp3) is 0.0526. The number of hydrogen-bond acceptors (Lipinski definition) is 6. The first-order chi connectivity index (χ1) is 13.6. The third kappa shape index (κ3) is 3.03. The van der Waals surface area contributed by atoms with Crippen molar-refractivity contribution in [3.8, 4) is 11.4 Å². The van der Waals surface area contributed by atoms with Crippen molar-refractivity contribution in [1.82, 2.24) is 14.9 Å². The van der Waals surface area contributed by atoms with Crippen molar-refractivity contribution in [2.24, 2.45) is 5.10 Å². The minimum absolute atomic E-state index is 0.423. The lowest BCUT2D eigenvalue weighted by atomic mass is 10.1. The lowest BCUT2D eigenvalue weighted by molar-refractivity contribution is 0.557. The standard InChI is InChI=1S/C19H10Br2N4O2S/c20-12-6-11-7-13(18(26)27-16(11)14(21)8-12)15-9-28-19-23-22-17(25(19)24-15)10-4-2-1-3-5-10/h1-8H,9H2. The molecule has 0 unspecified atom stereocenters. The summed E-state index contributed by atoms with van der Waals surface area (Å²) in [6.07, 6.45) is 0. The zero-order valence-electron chi connectivity index (χ0n) is 14.1. The van der Waals surface area contributed by atoms with Gasteiger partial charge in [-0.2, -0.15) is 9.78 Å². The summed E-state index contributed by atoms with van der Waals surface area (Å²) in [4.78, 5) is 12.6. The quantitative estimate of drug-likeness (QED) is 0.352. The Morgan fingerprint density at radius 3 is 2.71 bits per heavy atom. The largest absolute Gasteiger partial charge is 0.421 e. The van der Waals surface area contributed by atoms with Gasteiger partial charge >= 0.3 is 5.63 Å². The van der Waals surface area contributed by atoms with Crippen LogP contribution in [0.1, 0.15) is 5.56 Å². The Bertz CT molecular complexity index is 1320. The van der Waals surface area contributed by atoms with Gasteiger partial charge in [0, 0.05) is 21.2 Å². The Kier molecular flexibility index (Phi) is 4.45. The molecule has 4 aromatic rings. The van der Waals surface area contributed by atoms with Gasteiger partial charge in [-0.15, -0.1) is 10.2 Å². The van der Waals surface area contributed by atoms with Crippen LogP contribution in [0.3, 0.4) is 0 Å². The predicted octanol–water partition coefficient (Wildman–Crippen LogP) is 4.93. The van der Waals surface area contributed by atoms with E-state index in [1.165, 1.54) is 11.8 Å². The van der Waals surface area contributed by atoms with Crippen LogP contribution >= 0.6 is 43.6 Å². The summed E-state index contributed by atoms with van der Waals surface area (Å²) in [5, 5.41) is 14.6. The van der Waals surface area contributed by atoms with E-state index in [4.69, 9.17) is 4.42 Å². The van der Waals surface area contributed by atoms with Gasteiger partial charge in [-0.25, -0.2) is 4.79 Å². The van der Waals surface area contributed by atoms with E-state index in [1.807, 2.05) is 48.5 Å². The van der Waals surface area contributed by atoms with Crippen LogP contribution < -0.4 is 5.63 Å². The molecule has 0 amide bonds. The van der Waals surface area contributed by atoms with Crippen LogP contribution in [0.5, 0.6) is 0 Å². The molecule has 0 atom stereocenters. The van der Waals surface area contributed by atoms with E-state index in [9.17, 15) is 4.79 Å². The summed E-state index contributed by atoms with van der Waals surface area (Å²) in [5.74, 6) is 1.15. The minimum atomic E-state index is -0.423. The van der Waals surface area contributed by atoms with E-state index in [-0.39, 0.29) is 0 Å². The Hall–Kier alpha value is -2.23. The molecule has 6 nitrogen and oxygen atoms in total. The molecule has 5 rings (SSSR count). The molecule has 0 radical (unpaired) electrons. The molecule has 1 aliphatic heterocycles. The van der Waals surface area contributed by atoms with Crippen molar-refractivity contribution in [1.29, 1.82) is 0 Å². The van der Waals surface area contributed by atoms with Gasteiger partial charge in [-0.3, -0.25) is 0 Å². The highest BCUT2D eigenvalue weighted by molar-refractivity contribution is 9.11. The Morgan fingerprint density at radius 1 is 1.07 bits per heavy atom. The molecular weight excluding hydrogens is 508 g/mol. The minimum Gasteiger partial charge on any atom is -0.421 e. The summed E-state index contributed by atoms with van der Waals surface area (Å²) in [6.45, 7) is 0. The molecule has 0 saturated carbocycles. The first-order valence-electron chi connectivity index (χ1n) is 8.25. The molecule has 2 aromatic heterocycles. The third-order valence-corrected chi connectivity index (χ3v) is 6.24. The molecule has 2 aromatic carbocycles. The fourth-order valence-corrected chi connectivity index (χ4v) is 5.15. The van der Waals surface area contributed by atoms with Crippen LogP contribution in [0.2, 0.25) is 0 Å². The van der Waals surface area contributed by atoms with Crippen LogP contribution in [-0.4, -0.2) is 26.3 Å². The first-order valence-corrected chi connectivity index (χ1v) is 10.8. The summed E-state index contributed by atoms with van der Waals surface area (Å²) in [7, 11) is 0. The number of aromatic nitrogens is 3. The maximum Gasteiger partial charge on any atom is 0.345 e. The lowest BCUT2D eigenvalue weighted by Gasteiger charge is -2.13. The maximum absolute atomic E-state index is 12.6. The second-order valence-electron chi connectivity index (χ2n) is 6.07. The molecule has 9 heteroatoms. The van der Waals surface area contributed by atoms with Gasteiger partial charge in [0.1, 0.15) is 0 Å². The van der Waals surface area contributed by atoms with E-state index < -0.39 is 5.63 Å². The van der Waals surface area contributed by atoms with Crippen molar-refractivity contribution in [3.63, 3.8) is 0 Å². The van der Waals surface area contributed by atoms with E-state index >= 15 is 0 Å². The molecule has 28 heavy (non-hydrogen) atoms. The Labute approximate surface area is 179 Å². The van der Waals surface area contributed by atoms with Crippen molar-refractivity contribution in [2.45, 2.75) is 5.16 Å². The predicted molar refractivity (Wildman–Crippen MR) is 116 cm³/mol. The Balaban J connectivity index is 1.67. The highest BCUT2D eigenvalue weighted by Gasteiger charge is 2.23. The normalized spacial score (nSPS) is 13.4. The first kappa shape index (κ1) is 17.8. The smallest absolute Gasteiger partial charge is 0.345 e. The molecule has 0 spiro atoms. The Morgan fingerprint density at radius 2 is 1.89 bits per heavy atom. The molecule has 138 valence electrons. The van der Waals surface area contributed by atoms with Crippen molar-refractivity contribution >= 4 is 60.3 Å². The van der Waals surface area contributed by atoms with E-state index in [0.717, 1.165) is 15.4 Å². The van der Waals surface area contributed by atoms with Crippen LogP contribution in [0.15, 0.2) is 76.9 Å². The molecule has 0 aliphatic carbocycles. The highest BCUT2D eigenvalue weighted by Crippen LogP contribution is 2.30. The molecule has 1 aliphatic rings. The third-order valence-electron chi connectivity index (χ3n) is 4.27. The molecule has 0 saturated heterocycles. The molecule has 0 N–H and O–H groups in total. The van der Waals surface area contributed by atoms with Gasteiger partial charge in [-0.1, -0.05) is 58.0 Å². The number of rotatable bonds is 2. The van der Waals surface area contributed by atoms with Crippen molar-refractivity contribution in [2.75, 3.05) is 5.75 Å². The highest BCUT2D eigenvalue weighted by atomic mass is 79.9. The van der Waals surface area contributed by atoms with Crippen LogP contribution in [0.25, 0.3) is 22.4 Å². The topological polar surface area (TPSA) is 73.3 Å². The van der Waals surface area contributed by atoms with Crippen LogP contribution in [0.4, 0.5) is 0 Å². The van der Waals surface area contributed by atoms with Crippen molar-refractivity contribution < 1.29 is 4.42 Å². The van der Waals surface area contributed by atoms with Gasteiger partial charge in [0.15, 0.2) is 11.4 Å². The van der Waals surface area contributed by atoms with Gasteiger partial charge < -0.3 is 4.42 Å². The average Bonchev–Trinajstić information content (AvgIpc) is 3.12. The van der Waals surface area contributed by atoms with Crippen LogP contribution in [0, 0.1) is 0 Å². The van der Waals surface area contributed by atoms with Gasteiger partial charge in [0.25, 0.3) is 0 Å². The summed E-state index contributed by atoms with van der Waals surface area (Å²) < 4.78 is 8.85. The van der Waals surface area contributed by atoms with E-state index in [1.54, 1.807) is 4.68 Å². The summed E-state index contributed by atoms with van der Waals surface area (Å²) in [5.41, 5.74) is 2.05. The summed E-state index contributed by atoms with van der Waals surface area (Å²) in [6, 6.07) is 15.3. The van der Waals surface area contributed by atoms with E-state index in [0.29, 0.717) is 38.1 Å². The van der Waals surface area contributed by atoms with E-state index in [2.05, 4.69) is 47.2 Å². The number of fused-ring (bicyclic) bond motifs is 2. The zero-order valence-corrected chi connectivity index (χ0v) is 18.1. The lowest BCUT2D eigenvalue weighted by Crippen LogP contribution is -2.21. The van der Waals surface area contributed by atoms with Gasteiger partial charge in [-0.05, 0) is 34.1 Å². The number of benzene rings is 2. The average molecular weight is 518 g/mol. The van der Waals surface area contributed by atoms with Crippen LogP contribution in [-0.2, 0) is 0 Å². The molecule has 0 bridgehead atoms.